The summed E-state index contributed by atoms with van der Waals surface area (Å²) in [6, 6.07) is 0. The zero-order valence-electron chi connectivity index (χ0n) is 5.83. The standard InChI is InChI=1S/C6H11NO3/c1-7-3-2-5(4-8)6(9)10/h4-5,7H,2-3H2,1H3,(H,9,10). The van der Waals surface area contributed by atoms with Crippen molar-refractivity contribution in [2.45, 2.75) is 6.42 Å². The van der Waals surface area contributed by atoms with Crippen LogP contribution in [0.4, 0.5) is 0 Å². The van der Waals surface area contributed by atoms with E-state index in [1.165, 1.54) is 0 Å². The van der Waals surface area contributed by atoms with Gasteiger partial charge in [0.25, 0.3) is 0 Å². The van der Waals surface area contributed by atoms with Gasteiger partial charge in [-0.1, -0.05) is 0 Å². The molecule has 4 heteroatoms. The van der Waals surface area contributed by atoms with Crippen LogP contribution in [-0.2, 0) is 9.59 Å². The van der Waals surface area contributed by atoms with E-state index in [1.807, 2.05) is 0 Å². The number of nitrogens with one attached hydrogen (secondary N) is 1. The Morgan fingerprint density at radius 1 is 1.80 bits per heavy atom. The summed E-state index contributed by atoms with van der Waals surface area (Å²) in [7, 11) is 1.71. The maximum atomic E-state index is 10.2. The topological polar surface area (TPSA) is 66.4 Å². The van der Waals surface area contributed by atoms with Crippen LogP contribution in [0, 0.1) is 5.92 Å². The van der Waals surface area contributed by atoms with Crippen molar-refractivity contribution in [2.75, 3.05) is 13.6 Å². The van der Waals surface area contributed by atoms with Crippen LogP contribution in [0.2, 0.25) is 0 Å². The highest BCUT2D eigenvalue weighted by Gasteiger charge is 2.14. The zero-order chi connectivity index (χ0) is 7.98. The monoisotopic (exact) mass is 145 g/mol. The summed E-state index contributed by atoms with van der Waals surface area (Å²) in [6.45, 7) is 0.551. The quantitative estimate of drug-likeness (QED) is 0.404. The van der Waals surface area contributed by atoms with Crippen molar-refractivity contribution >= 4 is 12.3 Å². The van der Waals surface area contributed by atoms with Crippen LogP contribution in [0.3, 0.4) is 0 Å². The first-order chi connectivity index (χ1) is 4.72. The summed E-state index contributed by atoms with van der Waals surface area (Å²) in [5, 5.41) is 11.1. The lowest BCUT2D eigenvalue weighted by atomic mass is 10.1. The first-order valence-corrected chi connectivity index (χ1v) is 3.05. The summed E-state index contributed by atoms with van der Waals surface area (Å²) in [5.74, 6) is -1.90. The van der Waals surface area contributed by atoms with Gasteiger partial charge < -0.3 is 15.2 Å². The van der Waals surface area contributed by atoms with Crippen LogP contribution in [0.5, 0.6) is 0 Å². The molecule has 0 aromatic rings. The fraction of sp³-hybridized carbons (Fsp3) is 0.667. The van der Waals surface area contributed by atoms with Crippen LogP contribution in [-0.4, -0.2) is 31.0 Å². The highest BCUT2D eigenvalue weighted by molar-refractivity contribution is 5.86. The number of carboxylic acids is 1. The van der Waals surface area contributed by atoms with E-state index in [0.29, 0.717) is 19.3 Å². The van der Waals surface area contributed by atoms with E-state index in [0.717, 1.165) is 0 Å². The van der Waals surface area contributed by atoms with Gasteiger partial charge in [-0.25, -0.2) is 0 Å². The van der Waals surface area contributed by atoms with Crippen molar-refractivity contribution in [1.29, 1.82) is 0 Å². The Balaban J connectivity index is 3.60. The second kappa shape index (κ2) is 4.93. The predicted molar refractivity (Wildman–Crippen MR) is 35.7 cm³/mol. The van der Waals surface area contributed by atoms with Gasteiger partial charge >= 0.3 is 5.97 Å². The van der Waals surface area contributed by atoms with Gasteiger partial charge in [-0.2, -0.15) is 0 Å². The molecule has 0 saturated heterocycles. The van der Waals surface area contributed by atoms with Crippen molar-refractivity contribution < 1.29 is 14.7 Å². The van der Waals surface area contributed by atoms with Crippen LogP contribution in [0.25, 0.3) is 0 Å². The third-order valence-corrected chi connectivity index (χ3v) is 1.19. The number of carboxylic acid groups (broad SMARTS) is 1. The second-order valence-electron chi connectivity index (χ2n) is 1.97. The first kappa shape index (κ1) is 9.10. The maximum Gasteiger partial charge on any atom is 0.313 e. The van der Waals surface area contributed by atoms with E-state index in [9.17, 15) is 9.59 Å². The molecule has 0 heterocycles. The predicted octanol–water partition coefficient (Wildman–Crippen LogP) is -0.504. The van der Waals surface area contributed by atoms with E-state index in [-0.39, 0.29) is 0 Å². The summed E-state index contributed by atoms with van der Waals surface area (Å²) in [6.07, 6.45) is 0.814. The molecule has 0 aliphatic rings. The molecule has 4 nitrogen and oxygen atoms in total. The van der Waals surface area contributed by atoms with Gasteiger partial charge in [0.05, 0.1) is 0 Å². The molecule has 0 aliphatic heterocycles. The van der Waals surface area contributed by atoms with Gasteiger partial charge in [0.1, 0.15) is 12.2 Å². The molecule has 0 amide bonds. The molecule has 1 unspecified atom stereocenters. The van der Waals surface area contributed by atoms with E-state index in [1.54, 1.807) is 7.05 Å². The molecule has 0 radical (unpaired) electrons. The molecule has 2 N–H and O–H groups in total. The number of aldehydes is 1. The summed E-state index contributed by atoms with van der Waals surface area (Å²) in [5.41, 5.74) is 0. The molecule has 0 rings (SSSR count). The van der Waals surface area contributed by atoms with Crippen molar-refractivity contribution in [1.82, 2.24) is 5.32 Å². The van der Waals surface area contributed by atoms with Crippen LogP contribution in [0.1, 0.15) is 6.42 Å². The molecule has 0 aliphatic carbocycles. The van der Waals surface area contributed by atoms with Crippen molar-refractivity contribution in [3.63, 3.8) is 0 Å². The van der Waals surface area contributed by atoms with Crippen LogP contribution < -0.4 is 5.32 Å². The Morgan fingerprint density at radius 3 is 2.70 bits per heavy atom. The van der Waals surface area contributed by atoms with Crippen molar-refractivity contribution in [3.05, 3.63) is 0 Å². The Hall–Kier alpha value is -0.900. The van der Waals surface area contributed by atoms with Crippen molar-refractivity contribution in [2.24, 2.45) is 5.92 Å². The average molecular weight is 145 g/mol. The summed E-state index contributed by atoms with van der Waals surface area (Å²) >= 11 is 0. The minimum Gasteiger partial charge on any atom is -0.481 e. The SMILES string of the molecule is CNCCC(C=O)C(=O)O. The Labute approximate surface area is 59.2 Å². The molecule has 0 saturated carbocycles. The van der Waals surface area contributed by atoms with Crippen molar-refractivity contribution in [3.8, 4) is 0 Å². The highest BCUT2D eigenvalue weighted by Crippen LogP contribution is 1.96. The van der Waals surface area contributed by atoms with E-state index >= 15 is 0 Å². The molecule has 1 atom stereocenters. The number of carbonyl (C=O) groups excluding carboxylic acids is 1. The maximum absolute atomic E-state index is 10.2. The molecule has 0 fully saturated rings. The molecular formula is C6H11NO3. The first-order valence-electron chi connectivity index (χ1n) is 3.05. The van der Waals surface area contributed by atoms with E-state index in [2.05, 4.69) is 5.32 Å². The number of aliphatic carboxylic acids is 1. The van der Waals surface area contributed by atoms with Gasteiger partial charge in [0, 0.05) is 0 Å². The molecule has 58 valence electrons. The van der Waals surface area contributed by atoms with Crippen LogP contribution in [0.15, 0.2) is 0 Å². The lowest BCUT2D eigenvalue weighted by Gasteiger charge is -2.01. The molecule has 10 heavy (non-hydrogen) atoms. The largest absolute Gasteiger partial charge is 0.481 e. The molecule has 0 aromatic heterocycles. The van der Waals surface area contributed by atoms with E-state index < -0.39 is 11.9 Å². The smallest absolute Gasteiger partial charge is 0.313 e. The lowest BCUT2D eigenvalue weighted by Crippen LogP contribution is -2.20. The Bertz CT molecular complexity index is 124. The summed E-state index contributed by atoms with van der Waals surface area (Å²) in [4.78, 5) is 20.2. The minimum atomic E-state index is -1.05. The van der Waals surface area contributed by atoms with Gasteiger partial charge in [-0.15, -0.1) is 0 Å². The molecule has 0 aromatic carbocycles. The van der Waals surface area contributed by atoms with Gasteiger partial charge in [0.15, 0.2) is 0 Å². The fourth-order valence-corrected chi connectivity index (χ4v) is 0.550. The number of rotatable bonds is 5. The van der Waals surface area contributed by atoms with E-state index in [4.69, 9.17) is 5.11 Å². The number of hydrogen-bond donors (Lipinski definition) is 2. The van der Waals surface area contributed by atoms with Crippen LogP contribution >= 0.6 is 0 Å². The molecular weight excluding hydrogens is 134 g/mol. The van der Waals surface area contributed by atoms with Gasteiger partial charge in [-0.3, -0.25) is 4.79 Å². The molecule has 0 bridgehead atoms. The normalized spacial score (nSPS) is 12.5. The Morgan fingerprint density at radius 2 is 2.40 bits per heavy atom. The zero-order valence-corrected chi connectivity index (χ0v) is 5.83. The highest BCUT2D eigenvalue weighted by atomic mass is 16.4. The van der Waals surface area contributed by atoms with Gasteiger partial charge in [-0.05, 0) is 20.0 Å². The Kier molecular flexibility index (Phi) is 4.49. The minimum absolute atomic E-state index is 0.356. The number of hydrogen-bond acceptors (Lipinski definition) is 3. The second-order valence-corrected chi connectivity index (χ2v) is 1.97. The van der Waals surface area contributed by atoms with Gasteiger partial charge in [0.2, 0.25) is 0 Å². The molecule has 0 spiro atoms. The third-order valence-electron chi connectivity index (χ3n) is 1.19. The number of carbonyl (C=O) groups is 2. The average Bonchev–Trinajstić information content (AvgIpc) is 1.89. The third kappa shape index (κ3) is 3.19. The fourth-order valence-electron chi connectivity index (χ4n) is 0.550. The lowest BCUT2D eigenvalue weighted by molar-refractivity contribution is -0.143. The summed E-state index contributed by atoms with van der Waals surface area (Å²) < 4.78 is 0.